The van der Waals surface area contributed by atoms with Gasteiger partial charge in [0.1, 0.15) is 6.04 Å². The molecule has 120 valence electrons. The van der Waals surface area contributed by atoms with Crippen molar-refractivity contribution in [1.29, 1.82) is 0 Å². The Morgan fingerprint density at radius 3 is 2.74 bits per heavy atom. The smallest absolute Gasteiger partial charge is 0.245 e. The zero-order chi connectivity index (χ0) is 16.2. The highest BCUT2D eigenvalue weighted by Gasteiger charge is 2.36. The molecule has 1 aromatic carbocycles. The number of benzene rings is 1. The average molecular weight is 329 g/mol. The van der Waals surface area contributed by atoms with Crippen molar-refractivity contribution >= 4 is 23.2 Å². The van der Waals surface area contributed by atoms with Gasteiger partial charge in [0.15, 0.2) is 0 Å². The number of carbonyl (C=O) groups excluding carboxylic acids is 2. The van der Waals surface area contributed by atoms with Crippen LogP contribution in [-0.2, 0) is 22.6 Å². The fourth-order valence-electron chi connectivity index (χ4n) is 2.76. The first-order chi connectivity index (χ1) is 11.1. The lowest BCUT2D eigenvalue weighted by Crippen LogP contribution is -2.58. The molecule has 0 spiro atoms. The van der Waals surface area contributed by atoms with Crippen LogP contribution in [0.1, 0.15) is 18.2 Å². The van der Waals surface area contributed by atoms with Crippen molar-refractivity contribution < 1.29 is 9.59 Å². The van der Waals surface area contributed by atoms with Crippen LogP contribution in [0.2, 0.25) is 0 Å². The second kappa shape index (κ2) is 6.91. The van der Waals surface area contributed by atoms with Crippen molar-refractivity contribution in [2.45, 2.75) is 25.9 Å². The predicted octanol–water partition coefficient (Wildman–Crippen LogP) is 1.95. The average Bonchev–Trinajstić information content (AvgIpc) is 3.08. The zero-order valence-corrected chi connectivity index (χ0v) is 13.8. The minimum Gasteiger partial charge on any atom is -0.331 e. The standard InChI is InChI=1S/C17H19N3O2S/c1-13-17(22)19(8-7-14-5-3-2-4-6-14)10-16(21)20(13)9-15-11-23-12-18-15/h2-6,11-13H,7-10H2,1H3/t13-/m1/s1. The van der Waals surface area contributed by atoms with E-state index in [0.717, 1.165) is 12.1 Å². The van der Waals surface area contributed by atoms with Crippen molar-refractivity contribution in [2.75, 3.05) is 13.1 Å². The van der Waals surface area contributed by atoms with Gasteiger partial charge in [0.25, 0.3) is 0 Å². The van der Waals surface area contributed by atoms with Gasteiger partial charge in [-0.15, -0.1) is 11.3 Å². The molecule has 3 rings (SSSR count). The van der Waals surface area contributed by atoms with Crippen LogP contribution < -0.4 is 0 Å². The number of amides is 2. The molecule has 2 heterocycles. The number of thiazole rings is 1. The summed E-state index contributed by atoms with van der Waals surface area (Å²) < 4.78 is 0. The third-order valence-electron chi connectivity index (χ3n) is 4.11. The SMILES string of the molecule is C[C@@H]1C(=O)N(CCc2ccccc2)CC(=O)N1Cc1cscn1. The molecule has 0 unspecified atom stereocenters. The van der Waals surface area contributed by atoms with E-state index in [1.165, 1.54) is 16.9 Å². The van der Waals surface area contributed by atoms with Crippen LogP contribution in [0.15, 0.2) is 41.2 Å². The van der Waals surface area contributed by atoms with Crippen molar-refractivity contribution in [3.05, 3.63) is 52.5 Å². The molecule has 6 heteroatoms. The fraction of sp³-hybridized carbons (Fsp3) is 0.353. The van der Waals surface area contributed by atoms with Gasteiger partial charge in [0, 0.05) is 11.9 Å². The van der Waals surface area contributed by atoms with E-state index in [-0.39, 0.29) is 18.4 Å². The topological polar surface area (TPSA) is 53.5 Å². The summed E-state index contributed by atoms with van der Waals surface area (Å²) in [5.41, 5.74) is 3.74. The highest BCUT2D eigenvalue weighted by atomic mass is 32.1. The summed E-state index contributed by atoms with van der Waals surface area (Å²) in [6.07, 6.45) is 0.763. The van der Waals surface area contributed by atoms with E-state index < -0.39 is 6.04 Å². The Morgan fingerprint density at radius 2 is 2.04 bits per heavy atom. The van der Waals surface area contributed by atoms with Gasteiger partial charge in [0.2, 0.25) is 11.8 Å². The fourth-order valence-corrected chi connectivity index (χ4v) is 3.31. The Hall–Kier alpha value is -2.21. The quantitative estimate of drug-likeness (QED) is 0.842. The van der Waals surface area contributed by atoms with Crippen LogP contribution in [-0.4, -0.2) is 45.7 Å². The lowest BCUT2D eigenvalue weighted by molar-refractivity contribution is -0.155. The Kier molecular flexibility index (Phi) is 4.71. The lowest BCUT2D eigenvalue weighted by Gasteiger charge is -2.38. The molecular weight excluding hydrogens is 310 g/mol. The molecule has 0 radical (unpaired) electrons. The highest BCUT2D eigenvalue weighted by Crippen LogP contribution is 2.17. The summed E-state index contributed by atoms with van der Waals surface area (Å²) in [6, 6.07) is 9.57. The van der Waals surface area contributed by atoms with Crippen LogP contribution in [0.25, 0.3) is 0 Å². The first-order valence-corrected chi connectivity index (χ1v) is 8.58. The largest absolute Gasteiger partial charge is 0.331 e. The van der Waals surface area contributed by atoms with Gasteiger partial charge in [-0.25, -0.2) is 4.98 Å². The number of aromatic nitrogens is 1. The first-order valence-electron chi connectivity index (χ1n) is 7.64. The molecule has 1 aromatic heterocycles. The maximum absolute atomic E-state index is 12.5. The first kappa shape index (κ1) is 15.7. The molecule has 0 saturated carbocycles. The molecule has 0 aliphatic carbocycles. The summed E-state index contributed by atoms with van der Waals surface area (Å²) >= 11 is 1.49. The minimum absolute atomic E-state index is 0.00996. The van der Waals surface area contributed by atoms with Crippen LogP contribution in [0.3, 0.4) is 0 Å². The van der Waals surface area contributed by atoms with Crippen molar-refractivity contribution in [1.82, 2.24) is 14.8 Å². The summed E-state index contributed by atoms with van der Waals surface area (Å²) in [6.45, 7) is 2.92. The minimum atomic E-state index is -0.436. The summed E-state index contributed by atoms with van der Waals surface area (Å²) in [4.78, 5) is 32.4. The normalized spacial score (nSPS) is 18.6. The molecule has 23 heavy (non-hydrogen) atoms. The Balaban J connectivity index is 1.63. The number of hydrogen-bond donors (Lipinski definition) is 0. The molecule has 0 N–H and O–H groups in total. The molecule has 2 amide bonds. The summed E-state index contributed by atoms with van der Waals surface area (Å²) in [5, 5.41) is 1.91. The van der Waals surface area contributed by atoms with Gasteiger partial charge in [-0.2, -0.15) is 0 Å². The van der Waals surface area contributed by atoms with Crippen LogP contribution >= 0.6 is 11.3 Å². The third kappa shape index (κ3) is 3.59. The third-order valence-corrected chi connectivity index (χ3v) is 4.75. The molecule has 5 nitrogen and oxygen atoms in total. The van der Waals surface area contributed by atoms with Crippen molar-refractivity contribution in [3.63, 3.8) is 0 Å². The van der Waals surface area contributed by atoms with Crippen LogP contribution in [0.5, 0.6) is 0 Å². The number of piperazine rings is 1. The molecule has 1 aliphatic heterocycles. The van der Waals surface area contributed by atoms with Gasteiger partial charge >= 0.3 is 0 Å². The van der Waals surface area contributed by atoms with Crippen molar-refractivity contribution in [3.8, 4) is 0 Å². The van der Waals surface area contributed by atoms with E-state index >= 15 is 0 Å². The molecule has 1 saturated heterocycles. The molecular formula is C17H19N3O2S. The number of rotatable bonds is 5. The Labute approximate surface area is 139 Å². The lowest BCUT2D eigenvalue weighted by atomic mass is 10.1. The second-order valence-corrected chi connectivity index (χ2v) is 6.39. The van der Waals surface area contributed by atoms with Gasteiger partial charge in [-0.1, -0.05) is 30.3 Å². The van der Waals surface area contributed by atoms with E-state index in [4.69, 9.17) is 0 Å². The van der Waals surface area contributed by atoms with Crippen LogP contribution in [0, 0.1) is 0 Å². The highest BCUT2D eigenvalue weighted by molar-refractivity contribution is 7.07. The molecule has 2 aromatic rings. The number of carbonyl (C=O) groups is 2. The van der Waals surface area contributed by atoms with E-state index in [0.29, 0.717) is 13.1 Å². The Morgan fingerprint density at radius 1 is 1.26 bits per heavy atom. The van der Waals surface area contributed by atoms with Crippen LogP contribution in [0.4, 0.5) is 0 Å². The van der Waals surface area contributed by atoms with Crippen molar-refractivity contribution in [2.24, 2.45) is 0 Å². The molecule has 1 aliphatic rings. The zero-order valence-electron chi connectivity index (χ0n) is 13.0. The van der Waals surface area contributed by atoms with Gasteiger partial charge in [0.05, 0.1) is 24.3 Å². The monoisotopic (exact) mass is 329 g/mol. The van der Waals surface area contributed by atoms with E-state index in [1.54, 1.807) is 22.2 Å². The molecule has 0 bridgehead atoms. The number of nitrogens with zero attached hydrogens (tertiary/aromatic N) is 3. The van der Waals surface area contributed by atoms with E-state index in [1.807, 2.05) is 35.7 Å². The van der Waals surface area contributed by atoms with E-state index in [2.05, 4.69) is 4.98 Å². The summed E-state index contributed by atoms with van der Waals surface area (Å²) in [5.74, 6) is -0.00563. The predicted molar refractivity (Wildman–Crippen MR) is 88.9 cm³/mol. The summed E-state index contributed by atoms with van der Waals surface area (Å²) in [7, 11) is 0. The van der Waals surface area contributed by atoms with Gasteiger partial charge in [-0.3, -0.25) is 9.59 Å². The second-order valence-electron chi connectivity index (χ2n) is 5.67. The maximum Gasteiger partial charge on any atom is 0.245 e. The van der Waals surface area contributed by atoms with Gasteiger partial charge < -0.3 is 9.80 Å². The molecule has 1 fully saturated rings. The maximum atomic E-state index is 12.5. The molecule has 1 atom stereocenters. The van der Waals surface area contributed by atoms with Gasteiger partial charge in [-0.05, 0) is 18.9 Å². The Bertz CT molecular complexity index is 672. The number of hydrogen-bond acceptors (Lipinski definition) is 4. The van der Waals surface area contributed by atoms with E-state index in [9.17, 15) is 9.59 Å².